The van der Waals surface area contributed by atoms with Crippen LogP contribution in [0.1, 0.15) is 23.1 Å². The standard InChI is InChI=1S/C19H19N3OS/c1-12-4-8-16(9-5-12)22-21-14(3)18-13(2)20-19(24-18)15-6-10-17(23)11-7-15/h4-11,22-23H,1-3H3/b21-14+. The van der Waals surface area contributed by atoms with Gasteiger partial charge in [-0.3, -0.25) is 5.43 Å². The molecule has 0 unspecified atom stereocenters. The van der Waals surface area contributed by atoms with Gasteiger partial charge in [-0.1, -0.05) is 17.7 Å². The van der Waals surface area contributed by atoms with E-state index in [0.29, 0.717) is 0 Å². The molecule has 1 heterocycles. The van der Waals surface area contributed by atoms with Crippen LogP contribution < -0.4 is 5.43 Å². The van der Waals surface area contributed by atoms with Gasteiger partial charge in [-0.05, 0) is 57.2 Å². The van der Waals surface area contributed by atoms with Crippen LogP contribution in [0.15, 0.2) is 53.6 Å². The Bertz CT molecular complexity index is 865. The molecule has 0 saturated heterocycles. The van der Waals surface area contributed by atoms with Crippen LogP contribution in [0, 0.1) is 13.8 Å². The number of phenols is 1. The highest BCUT2D eigenvalue weighted by molar-refractivity contribution is 7.17. The molecule has 0 amide bonds. The Morgan fingerprint density at radius 3 is 2.38 bits per heavy atom. The van der Waals surface area contributed by atoms with Crippen LogP contribution in [0.4, 0.5) is 5.69 Å². The van der Waals surface area contributed by atoms with Crippen molar-refractivity contribution in [3.8, 4) is 16.3 Å². The Labute approximate surface area is 145 Å². The van der Waals surface area contributed by atoms with Gasteiger partial charge in [0.25, 0.3) is 0 Å². The number of hydrogen-bond acceptors (Lipinski definition) is 5. The van der Waals surface area contributed by atoms with E-state index in [4.69, 9.17) is 0 Å². The second kappa shape index (κ2) is 6.84. The quantitative estimate of drug-likeness (QED) is 0.522. The van der Waals surface area contributed by atoms with Crippen molar-refractivity contribution >= 4 is 22.7 Å². The lowest BCUT2D eigenvalue weighted by atomic mass is 10.2. The third kappa shape index (κ3) is 3.63. The van der Waals surface area contributed by atoms with Crippen molar-refractivity contribution in [3.63, 3.8) is 0 Å². The van der Waals surface area contributed by atoms with Gasteiger partial charge in [0.05, 0.1) is 22.0 Å². The molecular formula is C19H19N3OS. The summed E-state index contributed by atoms with van der Waals surface area (Å²) in [5.74, 6) is 0.257. The summed E-state index contributed by atoms with van der Waals surface area (Å²) in [4.78, 5) is 5.68. The largest absolute Gasteiger partial charge is 0.508 e. The summed E-state index contributed by atoms with van der Waals surface area (Å²) in [7, 11) is 0. The van der Waals surface area contributed by atoms with Gasteiger partial charge in [0.15, 0.2) is 0 Å². The van der Waals surface area contributed by atoms with Crippen LogP contribution in [0.5, 0.6) is 5.75 Å². The summed E-state index contributed by atoms with van der Waals surface area (Å²) in [6.45, 7) is 6.02. The summed E-state index contributed by atoms with van der Waals surface area (Å²) >= 11 is 1.60. The maximum Gasteiger partial charge on any atom is 0.124 e. The van der Waals surface area contributed by atoms with Gasteiger partial charge in [-0.15, -0.1) is 11.3 Å². The van der Waals surface area contributed by atoms with E-state index in [1.807, 2.05) is 50.2 Å². The van der Waals surface area contributed by atoms with E-state index < -0.39 is 0 Å². The predicted octanol–water partition coefficient (Wildman–Crippen LogP) is 4.97. The zero-order valence-electron chi connectivity index (χ0n) is 13.9. The smallest absolute Gasteiger partial charge is 0.124 e. The summed E-state index contributed by atoms with van der Waals surface area (Å²) in [5.41, 5.74) is 8.11. The SMILES string of the molecule is C/C(=N\Nc1ccc(C)cc1)c1sc(-c2ccc(O)cc2)nc1C. The third-order valence-electron chi connectivity index (χ3n) is 3.64. The Morgan fingerprint density at radius 2 is 1.71 bits per heavy atom. The van der Waals surface area contributed by atoms with Crippen LogP contribution in [-0.4, -0.2) is 15.8 Å². The molecule has 0 aliphatic carbocycles. The number of aromatic hydroxyl groups is 1. The van der Waals surface area contributed by atoms with Crippen molar-refractivity contribution in [2.24, 2.45) is 5.10 Å². The zero-order chi connectivity index (χ0) is 17.1. The van der Waals surface area contributed by atoms with Gasteiger partial charge in [0.2, 0.25) is 0 Å². The molecule has 3 rings (SSSR count). The molecule has 0 fully saturated rings. The number of hydrogen-bond donors (Lipinski definition) is 2. The number of phenolic OH excluding ortho intramolecular Hbond substituents is 1. The second-order valence-corrected chi connectivity index (χ2v) is 6.65. The number of thiazole rings is 1. The summed E-state index contributed by atoms with van der Waals surface area (Å²) in [5, 5.41) is 14.8. The van der Waals surface area contributed by atoms with E-state index in [0.717, 1.165) is 32.5 Å². The first-order chi connectivity index (χ1) is 11.5. The van der Waals surface area contributed by atoms with Crippen LogP contribution >= 0.6 is 11.3 Å². The van der Waals surface area contributed by atoms with Crippen molar-refractivity contribution in [1.82, 2.24) is 4.98 Å². The minimum atomic E-state index is 0.257. The van der Waals surface area contributed by atoms with Crippen LogP contribution in [0.3, 0.4) is 0 Å². The minimum Gasteiger partial charge on any atom is -0.508 e. The van der Waals surface area contributed by atoms with Gasteiger partial charge in [0, 0.05) is 5.56 Å². The van der Waals surface area contributed by atoms with E-state index in [9.17, 15) is 5.11 Å². The van der Waals surface area contributed by atoms with E-state index in [1.165, 1.54) is 5.56 Å². The highest BCUT2D eigenvalue weighted by Crippen LogP contribution is 2.29. The molecule has 2 N–H and O–H groups in total. The summed E-state index contributed by atoms with van der Waals surface area (Å²) < 4.78 is 0. The predicted molar refractivity (Wildman–Crippen MR) is 101 cm³/mol. The van der Waals surface area contributed by atoms with E-state index in [1.54, 1.807) is 23.5 Å². The number of hydrazone groups is 1. The molecule has 0 bridgehead atoms. The van der Waals surface area contributed by atoms with Crippen molar-refractivity contribution in [2.75, 3.05) is 5.43 Å². The highest BCUT2D eigenvalue weighted by Gasteiger charge is 2.12. The molecule has 0 radical (unpaired) electrons. The Hall–Kier alpha value is -2.66. The van der Waals surface area contributed by atoms with Crippen molar-refractivity contribution in [1.29, 1.82) is 0 Å². The Kier molecular flexibility index (Phi) is 4.62. The first kappa shape index (κ1) is 16.2. The number of nitrogens with one attached hydrogen (secondary N) is 1. The molecule has 3 aromatic rings. The maximum atomic E-state index is 9.40. The average molecular weight is 337 g/mol. The average Bonchev–Trinajstić information content (AvgIpc) is 2.96. The van der Waals surface area contributed by atoms with Crippen LogP contribution in [0.25, 0.3) is 10.6 Å². The molecule has 4 nitrogen and oxygen atoms in total. The molecule has 1 aromatic heterocycles. The number of rotatable bonds is 4. The van der Waals surface area contributed by atoms with E-state index >= 15 is 0 Å². The first-order valence-corrected chi connectivity index (χ1v) is 8.49. The number of aromatic nitrogens is 1. The molecule has 2 aromatic carbocycles. The van der Waals surface area contributed by atoms with Crippen molar-refractivity contribution in [2.45, 2.75) is 20.8 Å². The summed E-state index contributed by atoms with van der Waals surface area (Å²) in [6, 6.07) is 15.2. The molecule has 0 aliphatic rings. The normalized spacial score (nSPS) is 11.5. The van der Waals surface area contributed by atoms with Crippen molar-refractivity contribution in [3.05, 3.63) is 64.7 Å². The molecule has 0 atom stereocenters. The molecule has 0 aliphatic heterocycles. The Balaban J connectivity index is 1.82. The van der Waals surface area contributed by atoms with Crippen LogP contribution in [0.2, 0.25) is 0 Å². The maximum absolute atomic E-state index is 9.40. The number of anilines is 1. The third-order valence-corrected chi connectivity index (χ3v) is 4.96. The fourth-order valence-electron chi connectivity index (χ4n) is 2.29. The first-order valence-electron chi connectivity index (χ1n) is 7.67. The molecule has 0 saturated carbocycles. The molecule has 122 valence electrons. The fourth-order valence-corrected chi connectivity index (χ4v) is 3.30. The van der Waals surface area contributed by atoms with Gasteiger partial charge in [-0.2, -0.15) is 5.10 Å². The summed E-state index contributed by atoms with van der Waals surface area (Å²) in [6.07, 6.45) is 0. The molecule has 5 heteroatoms. The topological polar surface area (TPSA) is 57.5 Å². The lowest BCUT2D eigenvalue weighted by molar-refractivity contribution is 0.475. The number of benzene rings is 2. The molecule has 24 heavy (non-hydrogen) atoms. The number of nitrogens with zero attached hydrogens (tertiary/aromatic N) is 2. The molecule has 0 spiro atoms. The van der Waals surface area contributed by atoms with Gasteiger partial charge >= 0.3 is 0 Å². The lowest BCUT2D eigenvalue weighted by Crippen LogP contribution is -1.99. The van der Waals surface area contributed by atoms with E-state index in [2.05, 4.69) is 22.4 Å². The fraction of sp³-hybridized carbons (Fsp3) is 0.158. The Morgan fingerprint density at radius 1 is 1.04 bits per heavy atom. The van der Waals surface area contributed by atoms with Crippen molar-refractivity contribution < 1.29 is 5.11 Å². The number of aryl methyl sites for hydroxylation is 2. The minimum absolute atomic E-state index is 0.257. The monoisotopic (exact) mass is 337 g/mol. The van der Waals surface area contributed by atoms with E-state index in [-0.39, 0.29) is 5.75 Å². The lowest BCUT2D eigenvalue weighted by Gasteiger charge is -2.03. The van der Waals surface area contributed by atoms with Gasteiger partial charge in [0.1, 0.15) is 10.8 Å². The van der Waals surface area contributed by atoms with Gasteiger partial charge < -0.3 is 5.11 Å². The zero-order valence-corrected chi connectivity index (χ0v) is 14.7. The second-order valence-electron chi connectivity index (χ2n) is 5.66. The highest BCUT2D eigenvalue weighted by atomic mass is 32.1. The van der Waals surface area contributed by atoms with Crippen LogP contribution in [-0.2, 0) is 0 Å². The molecular weight excluding hydrogens is 318 g/mol. The van der Waals surface area contributed by atoms with Gasteiger partial charge in [-0.25, -0.2) is 4.98 Å².